The summed E-state index contributed by atoms with van der Waals surface area (Å²) in [5.41, 5.74) is 3.95. The van der Waals surface area contributed by atoms with Crippen molar-refractivity contribution in [1.29, 1.82) is 0 Å². The standard InChI is InChI=1S/C24H26O4/c1-5-19(17-9-7-6-8-10-17)24(26)27-14-18-12-23(25)28-22-11-16(4)20(15(2)3)13-21(18)22/h6-13,15,19H,5,14H2,1-4H3. The van der Waals surface area contributed by atoms with Crippen molar-refractivity contribution in [3.63, 3.8) is 0 Å². The quantitative estimate of drug-likeness (QED) is 0.422. The maximum atomic E-state index is 12.7. The average molecular weight is 378 g/mol. The molecule has 0 saturated carbocycles. The molecule has 1 unspecified atom stereocenters. The molecule has 0 amide bonds. The van der Waals surface area contributed by atoms with Gasteiger partial charge in [-0.15, -0.1) is 0 Å². The lowest BCUT2D eigenvalue weighted by Gasteiger charge is -2.16. The van der Waals surface area contributed by atoms with Crippen molar-refractivity contribution in [3.05, 3.63) is 81.2 Å². The van der Waals surface area contributed by atoms with Crippen molar-refractivity contribution in [1.82, 2.24) is 0 Å². The molecular weight excluding hydrogens is 352 g/mol. The smallest absolute Gasteiger partial charge is 0.336 e. The number of benzene rings is 2. The second-order valence-electron chi connectivity index (χ2n) is 7.43. The van der Waals surface area contributed by atoms with Crippen molar-refractivity contribution < 1.29 is 13.9 Å². The Bertz CT molecular complexity index is 1030. The van der Waals surface area contributed by atoms with Crippen LogP contribution in [0.25, 0.3) is 11.0 Å². The van der Waals surface area contributed by atoms with Crippen LogP contribution in [0, 0.1) is 6.92 Å². The molecule has 4 heteroatoms. The van der Waals surface area contributed by atoms with E-state index in [1.54, 1.807) is 0 Å². The molecule has 28 heavy (non-hydrogen) atoms. The maximum absolute atomic E-state index is 12.7. The van der Waals surface area contributed by atoms with Gasteiger partial charge in [0.25, 0.3) is 0 Å². The lowest BCUT2D eigenvalue weighted by Crippen LogP contribution is -2.16. The van der Waals surface area contributed by atoms with Crippen molar-refractivity contribution in [3.8, 4) is 0 Å². The number of carbonyl (C=O) groups excluding carboxylic acids is 1. The fraction of sp³-hybridized carbons (Fsp3) is 0.333. The van der Waals surface area contributed by atoms with Crippen LogP contribution in [0.4, 0.5) is 0 Å². The fourth-order valence-corrected chi connectivity index (χ4v) is 3.61. The highest BCUT2D eigenvalue weighted by molar-refractivity contribution is 5.83. The third-order valence-electron chi connectivity index (χ3n) is 5.10. The molecule has 1 aromatic heterocycles. The Hall–Kier alpha value is -2.88. The van der Waals surface area contributed by atoms with Crippen molar-refractivity contribution >= 4 is 16.9 Å². The summed E-state index contributed by atoms with van der Waals surface area (Å²) in [5, 5.41) is 0.814. The second-order valence-corrected chi connectivity index (χ2v) is 7.43. The van der Waals surface area contributed by atoms with Gasteiger partial charge in [0.2, 0.25) is 0 Å². The van der Waals surface area contributed by atoms with Crippen LogP contribution in [0.15, 0.2) is 57.7 Å². The first-order valence-electron chi connectivity index (χ1n) is 9.69. The molecule has 0 aliphatic carbocycles. The van der Waals surface area contributed by atoms with Gasteiger partial charge in [-0.05, 0) is 48.1 Å². The van der Waals surface area contributed by atoms with E-state index >= 15 is 0 Å². The molecule has 0 radical (unpaired) electrons. The largest absolute Gasteiger partial charge is 0.460 e. The molecular formula is C24H26O4. The van der Waals surface area contributed by atoms with E-state index in [0.717, 1.165) is 16.5 Å². The Kier molecular flexibility index (Phi) is 5.98. The zero-order chi connectivity index (χ0) is 20.3. The van der Waals surface area contributed by atoms with Gasteiger partial charge in [0, 0.05) is 17.0 Å². The molecule has 1 heterocycles. The number of rotatable bonds is 6. The highest BCUT2D eigenvalue weighted by Crippen LogP contribution is 2.28. The highest BCUT2D eigenvalue weighted by Gasteiger charge is 2.21. The number of aryl methyl sites for hydroxylation is 1. The summed E-state index contributed by atoms with van der Waals surface area (Å²) in [7, 11) is 0. The number of fused-ring (bicyclic) bond motifs is 1. The maximum Gasteiger partial charge on any atom is 0.336 e. The number of ether oxygens (including phenoxy) is 1. The Morgan fingerprint density at radius 1 is 1.11 bits per heavy atom. The van der Waals surface area contributed by atoms with Crippen molar-refractivity contribution in [2.75, 3.05) is 0 Å². The van der Waals surface area contributed by atoms with E-state index in [-0.39, 0.29) is 18.5 Å². The molecule has 4 nitrogen and oxygen atoms in total. The molecule has 3 aromatic rings. The van der Waals surface area contributed by atoms with Crippen LogP contribution in [-0.4, -0.2) is 5.97 Å². The van der Waals surface area contributed by atoms with E-state index < -0.39 is 5.63 Å². The van der Waals surface area contributed by atoms with Crippen LogP contribution in [0.3, 0.4) is 0 Å². The zero-order valence-electron chi connectivity index (χ0n) is 16.8. The van der Waals surface area contributed by atoms with E-state index in [4.69, 9.17) is 9.15 Å². The van der Waals surface area contributed by atoms with Crippen molar-refractivity contribution in [2.45, 2.75) is 52.6 Å². The van der Waals surface area contributed by atoms with E-state index in [1.807, 2.05) is 56.3 Å². The summed E-state index contributed by atoms with van der Waals surface area (Å²) in [6.45, 7) is 8.26. The summed E-state index contributed by atoms with van der Waals surface area (Å²) in [5.74, 6) is -0.262. The number of hydrogen-bond donors (Lipinski definition) is 0. The summed E-state index contributed by atoms with van der Waals surface area (Å²) in [6.07, 6.45) is 0.650. The van der Waals surface area contributed by atoms with Crippen molar-refractivity contribution in [2.24, 2.45) is 0 Å². The molecule has 1 atom stereocenters. The van der Waals surface area contributed by atoms with E-state index in [1.165, 1.54) is 11.6 Å². The zero-order valence-corrected chi connectivity index (χ0v) is 16.8. The first kappa shape index (κ1) is 19.9. The Morgan fingerprint density at radius 3 is 2.46 bits per heavy atom. The molecule has 0 fully saturated rings. The molecule has 0 aliphatic rings. The predicted molar refractivity (Wildman–Crippen MR) is 111 cm³/mol. The van der Waals surface area contributed by atoms with Crippen LogP contribution >= 0.6 is 0 Å². The van der Waals surface area contributed by atoms with E-state index in [0.29, 0.717) is 23.5 Å². The number of hydrogen-bond acceptors (Lipinski definition) is 4. The normalized spacial score (nSPS) is 12.3. The van der Waals surface area contributed by atoms with Gasteiger partial charge < -0.3 is 9.15 Å². The molecule has 0 bridgehead atoms. The first-order valence-corrected chi connectivity index (χ1v) is 9.69. The van der Waals surface area contributed by atoms with Crippen LogP contribution in [-0.2, 0) is 16.1 Å². The fourth-order valence-electron chi connectivity index (χ4n) is 3.61. The molecule has 0 saturated heterocycles. The van der Waals surface area contributed by atoms with Gasteiger partial charge in [-0.3, -0.25) is 4.79 Å². The lowest BCUT2D eigenvalue weighted by molar-refractivity contribution is -0.146. The molecule has 0 aliphatic heterocycles. The minimum Gasteiger partial charge on any atom is -0.460 e. The van der Waals surface area contributed by atoms with Crippen LogP contribution < -0.4 is 5.63 Å². The van der Waals surface area contributed by atoms with E-state index in [9.17, 15) is 9.59 Å². The van der Waals surface area contributed by atoms with Crippen LogP contribution in [0.5, 0.6) is 0 Å². The summed E-state index contributed by atoms with van der Waals surface area (Å²) < 4.78 is 11.0. The van der Waals surface area contributed by atoms with Gasteiger partial charge in [0.05, 0.1) is 5.92 Å². The van der Waals surface area contributed by atoms with Crippen LogP contribution in [0.2, 0.25) is 0 Å². The molecule has 3 rings (SSSR count). The van der Waals surface area contributed by atoms with Gasteiger partial charge in [-0.2, -0.15) is 0 Å². The second kappa shape index (κ2) is 8.42. The third kappa shape index (κ3) is 4.16. The summed E-state index contributed by atoms with van der Waals surface area (Å²) in [4.78, 5) is 24.7. The molecule has 2 aromatic carbocycles. The monoisotopic (exact) mass is 378 g/mol. The number of esters is 1. The minimum absolute atomic E-state index is 0.0465. The Morgan fingerprint density at radius 2 is 1.82 bits per heavy atom. The van der Waals surface area contributed by atoms with E-state index in [2.05, 4.69) is 13.8 Å². The lowest BCUT2D eigenvalue weighted by atomic mass is 9.95. The van der Waals surface area contributed by atoms with Crippen LogP contribution in [0.1, 0.15) is 61.3 Å². The SMILES string of the molecule is CCC(C(=O)OCc1cc(=O)oc2cc(C)c(C(C)C)cc12)c1ccccc1. The molecule has 0 spiro atoms. The summed E-state index contributed by atoms with van der Waals surface area (Å²) in [6, 6.07) is 14.9. The van der Waals surface area contributed by atoms with Gasteiger partial charge in [0.15, 0.2) is 0 Å². The minimum atomic E-state index is -0.439. The Labute approximate surface area is 165 Å². The first-order chi connectivity index (χ1) is 13.4. The van der Waals surface area contributed by atoms with Gasteiger partial charge in [-0.1, -0.05) is 51.1 Å². The molecule has 0 N–H and O–H groups in total. The third-order valence-corrected chi connectivity index (χ3v) is 5.10. The average Bonchev–Trinajstić information content (AvgIpc) is 2.66. The topological polar surface area (TPSA) is 56.5 Å². The van der Waals surface area contributed by atoms with Gasteiger partial charge >= 0.3 is 11.6 Å². The van der Waals surface area contributed by atoms with Gasteiger partial charge in [-0.25, -0.2) is 4.79 Å². The Balaban J connectivity index is 1.90. The highest BCUT2D eigenvalue weighted by atomic mass is 16.5. The summed E-state index contributed by atoms with van der Waals surface area (Å²) >= 11 is 0. The van der Waals surface area contributed by atoms with Gasteiger partial charge in [0.1, 0.15) is 12.2 Å². The number of carbonyl (C=O) groups is 1. The molecule has 146 valence electrons. The predicted octanol–water partition coefficient (Wildman–Crippen LogP) is 5.46.